The predicted octanol–water partition coefficient (Wildman–Crippen LogP) is 3.19. The summed E-state index contributed by atoms with van der Waals surface area (Å²) in [6.07, 6.45) is 0. The van der Waals surface area contributed by atoms with Crippen molar-refractivity contribution in [3.05, 3.63) is 46.8 Å². The van der Waals surface area contributed by atoms with Crippen molar-refractivity contribution in [1.82, 2.24) is 9.97 Å². The molecule has 0 atom stereocenters. The third kappa shape index (κ3) is 2.37. The highest BCUT2D eigenvalue weighted by molar-refractivity contribution is 7.16. The second-order valence-electron chi connectivity index (χ2n) is 4.35. The van der Waals surface area contributed by atoms with Gasteiger partial charge in [-0.15, -0.1) is 11.3 Å². The number of aryl methyl sites for hydroxylation is 1. The van der Waals surface area contributed by atoms with Crippen molar-refractivity contribution in [2.45, 2.75) is 13.5 Å². The molecule has 3 aromatic rings. The lowest BCUT2D eigenvalue weighted by molar-refractivity contribution is 1.09. The number of nitrogens with two attached hydrogens (primary N) is 1. The van der Waals surface area contributed by atoms with Crippen LogP contribution in [-0.4, -0.2) is 9.97 Å². The van der Waals surface area contributed by atoms with Crippen LogP contribution in [0.5, 0.6) is 0 Å². The van der Waals surface area contributed by atoms with E-state index < -0.39 is 0 Å². The SMILES string of the molecule is Cc1ccccc1CNc1nc(N)nc2sccc12. The molecule has 0 aliphatic heterocycles. The second kappa shape index (κ2) is 4.85. The van der Waals surface area contributed by atoms with Crippen LogP contribution < -0.4 is 11.1 Å². The maximum atomic E-state index is 5.73. The van der Waals surface area contributed by atoms with Crippen molar-refractivity contribution in [3.63, 3.8) is 0 Å². The van der Waals surface area contributed by atoms with Crippen molar-refractivity contribution >= 4 is 33.3 Å². The maximum Gasteiger partial charge on any atom is 0.223 e. The summed E-state index contributed by atoms with van der Waals surface area (Å²) in [5.41, 5.74) is 8.24. The molecule has 0 saturated heterocycles. The van der Waals surface area contributed by atoms with Gasteiger partial charge in [-0.25, -0.2) is 4.98 Å². The third-order valence-corrected chi connectivity index (χ3v) is 3.86. The van der Waals surface area contributed by atoms with Crippen LogP contribution in [0.4, 0.5) is 11.8 Å². The van der Waals surface area contributed by atoms with Gasteiger partial charge in [0, 0.05) is 6.54 Å². The second-order valence-corrected chi connectivity index (χ2v) is 5.24. The van der Waals surface area contributed by atoms with E-state index in [2.05, 4.69) is 34.3 Å². The molecule has 0 fully saturated rings. The van der Waals surface area contributed by atoms with E-state index in [1.165, 1.54) is 11.1 Å². The molecule has 19 heavy (non-hydrogen) atoms. The van der Waals surface area contributed by atoms with Crippen molar-refractivity contribution < 1.29 is 0 Å². The van der Waals surface area contributed by atoms with E-state index in [0.29, 0.717) is 5.95 Å². The van der Waals surface area contributed by atoms with Crippen LogP contribution in [0.15, 0.2) is 35.7 Å². The first kappa shape index (κ1) is 11.9. The Labute approximate surface area is 115 Å². The van der Waals surface area contributed by atoms with Gasteiger partial charge in [0.2, 0.25) is 5.95 Å². The monoisotopic (exact) mass is 270 g/mol. The number of rotatable bonds is 3. The Bertz CT molecular complexity index is 720. The van der Waals surface area contributed by atoms with Crippen LogP contribution >= 0.6 is 11.3 Å². The standard InChI is InChI=1S/C14H14N4S/c1-9-4-2-3-5-10(9)8-16-12-11-6-7-19-13(11)18-14(15)17-12/h2-7H,8H2,1H3,(H3,15,16,17,18). The highest BCUT2D eigenvalue weighted by atomic mass is 32.1. The molecule has 0 unspecified atom stereocenters. The first-order valence-electron chi connectivity index (χ1n) is 6.03. The molecule has 4 nitrogen and oxygen atoms in total. The maximum absolute atomic E-state index is 5.73. The van der Waals surface area contributed by atoms with Gasteiger partial charge >= 0.3 is 0 Å². The van der Waals surface area contributed by atoms with Gasteiger partial charge in [-0.1, -0.05) is 24.3 Å². The lowest BCUT2D eigenvalue weighted by Gasteiger charge is -2.09. The van der Waals surface area contributed by atoms with Gasteiger partial charge in [-0.3, -0.25) is 0 Å². The van der Waals surface area contributed by atoms with Crippen LogP contribution in [0.2, 0.25) is 0 Å². The Balaban J connectivity index is 1.90. The van der Waals surface area contributed by atoms with Crippen LogP contribution in [0.25, 0.3) is 10.2 Å². The topological polar surface area (TPSA) is 63.8 Å². The smallest absolute Gasteiger partial charge is 0.223 e. The molecule has 0 spiro atoms. The van der Waals surface area contributed by atoms with Gasteiger partial charge in [0.15, 0.2) is 0 Å². The molecule has 96 valence electrons. The van der Waals surface area contributed by atoms with E-state index in [1.807, 2.05) is 23.6 Å². The summed E-state index contributed by atoms with van der Waals surface area (Å²) in [6, 6.07) is 10.3. The molecular weight excluding hydrogens is 256 g/mol. The zero-order chi connectivity index (χ0) is 13.2. The number of hydrogen-bond donors (Lipinski definition) is 2. The largest absolute Gasteiger partial charge is 0.368 e. The summed E-state index contributed by atoms with van der Waals surface area (Å²) in [7, 11) is 0. The number of fused-ring (bicyclic) bond motifs is 1. The summed E-state index contributed by atoms with van der Waals surface area (Å²) < 4.78 is 0. The number of nitrogen functional groups attached to an aromatic ring is 1. The predicted molar refractivity (Wildman–Crippen MR) is 80.3 cm³/mol. The Hall–Kier alpha value is -2.14. The van der Waals surface area contributed by atoms with E-state index in [1.54, 1.807) is 11.3 Å². The molecule has 2 aromatic heterocycles. The van der Waals surface area contributed by atoms with Gasteiger partial charge in [-0.2, -0.15) is 4.98 Å². The minimum absolute atomic E-state index is 0.308. The van der Waals surface area contributed by atoms with E-state index in [0.717, 1.165) is 22.6 Å². The summed E-state index contributed by atoms with van der Waals surface area (Å²) in [5, 5.41) is 6.37. The minimum Gasteiger partial charge on any atom is -0.368 e. The van der Waals surface area contributed by atoms with Crippen LogP contribution in [0.1, 0.15) is 11.1 Å². The molecule has 0 radical (unpaired) electrons. The van der Waals surface area contributed by atoms with Crippen LogP contribution in [0, 0.1) is 6.92 Å². The van der Waals surface area contributed by atoms with E-state index in [4.69, 9.17) is 5.73 Å². The van der Waals surface area contributed by atoms with E-state index in [9.17, 15) is 0 Å². The molecule has 0 bridgehead atoms. The summed E-state index contributed by atoms with van der Waals surface area (Å²) >= 11 is 1.57. The fraction of sp³-hybridized carbons (Fsp3) is 0.143. The number of anilines is 2. The number of thiophene rings is 1. The summed E-state index contributed by atoms with van der Waals surface area (Å²) in [6.45, 7) is 2.83. The first-order chi connectivity index (χ1) is 9.24. The molecule has 3 rings (SSSR count). The Kier molecular flexibility index (Phi) is 3.05. The number of benzene rings is 1. The normalized spacial score (nSPS) is 10.8. The first-order valence-corrected chi connectivity index (χ1v) is 6.91. The fourth-order valence-corrected chi connectivity index (χ4v) is 2.76. The van der Waals surface area contributed by atoms with Crippen LogP contribution in [-0.2, 0) is 6.54 Å². The Morgan fingerprint density at radius 2 is 2.05 bits per heavy atom. The lowest BCUT2D eigenvalue weighted by Crippen LogP contribution is -2.05. The van der Waals surface area contributed by atoms with Gasteiger partial charge in [0.25, 0.3) is 0 Å². The molecule has 0 aliphatic rings. The highest BCUT2D eigenvalue weighted by Gasteiger charge is 2.07. The average Bonchev–Trinajstić information content (AvgIpc) is 2.85. The third-order valence-electron chi connectivity index (χ3n) is 3.05. The molecule has 5 heteroatoms. The lowest BCUT2D eigenvalue weighted by atomic mass is 10.1. The van der Waals surface area contributed by atoms with E-state index in [-0.39, 0.29) is 0 Å². The molecule has 2 heterocycles. The molecule has 0 amide bonds. The van der Waals surface area contributed by atoms with E-state index >= 15 is 0 Å². The van der Waals surface area contributed by atoms with Gasteiger partial charge in [0.1, 0.15) is 10.6 Å². The Morgan fingerprint density at radius 1 is 1.21 bits per heavy atom. The van der Waals surface area contributed by atoms with Crippen molar-refractivity contribution in [3.8, 4) is 0 Å². The van der Waals surface area contributed by atoms with Gasteiger partial charge < -0.3 is 11.1 Å². The molecule has 0 aliphatic carbocycles. The molecule has 3 N–H and O–H groups in total. The van der Waals surface area contributed by atoms with Crippen LogP contribution in [0.3, 0.4) is 0 Å². The number of nitrogens with zero attached hydrogens (tertiary/aromatic N) is 2. The van der Waals surface area contributed by atoms with Gasteiger partial charge in [0.05, 0.1) is 5.39 Å². The van der Waals surface area contributed by atoms with Gasteiger partial charge in [-0.05, 0) is 29.5 Å². The summed E-state index contributed by atoms with van der Waals surface area (Å²) in [5.74, 6) is 1.11. The number of nitrogens with one attached hydrogen (secondary N) is 1. The fourth-order valence-electron chi connectivity index (χ4n) is 1.99. The Morgan fingerprint density at radius 3 is 2.89 bits per heavy atom. The molecular formula is C14H14N4S. The number of hydrogen-bond acceptors (Lipinski definition) is 5. The summed E-state index contributed by atoms with van der Waals surface area (Å²) in [4.78, 5) is 9.41. The van der Waals surface area contributed by atoms with Crippen molar-refractivity contribution in [2.24, 2.45) is 0 Å². The molecule has 1 aromatic carbocycles. The average molecular weight is 270 g/mol. The zero-order valence-corrected chi connectivity index (χ0v) is 11.4. The highest BCUT2D eigenvalue weighted by Crippen LogP contribution is 2.26. The quantitative estimate of drug-likeness (QED) is 0.767. The zero-order valence-electron chi connectivity index (χ0n) is 10.6. The van der Waals surface area contributed by atoms with Crippen molar-refractivity contribution in [2.75, 3.05) is 11.1 Å². The number of aromatic nitrogens is 2. The minimum atomic E-state index is 0.308. The molecule has 0 saturated carbocycles. The van der Waals surface area contributed by atoms with Crippen molar-refractivity contribution in [1.29, 1.82) is 0 Å².